The number of hydrogen-bond acceptors (Lipinski definition) is 6. The number of benzene rings is 1. The number of amides is 1. The van der Waals surface area contributed by atoms with Crippen LogP contribution in [0.3, 0.4) is 0 Å². The molecule has 4 aliphatic carbocycles. The normalized spacial score (nSPS) is 25.8. The SMILES string of the molecule is COc1ccc(C23CCC(CN(C(=O)C4CCC(=COC(O)=[N+]5CC(O)C5)CC4)c4cc(-c5cnn(C(C)C)c5)c(Cl)cn4)(CC2)CC3)cc1C. The van der Waals surface area contributed by atoms with E-state index in [1.165, 1.54) is 11.1 Å². The largest absolute Gasteiger partial charge is 0.551 e. The number of halogens is 1. The summed E-state index contributed by atoms with van der Waals surface area (Å²) >= 11 is 6.75. The highest BCUT2D eigenvalue weighted by Crippen LogP contribution is 2.58. The van der Waals surface area contributed by atoms with E-state index in [4.69, 9.17) is 26.1 Å². The summed E-state index contributed by atoms with van der Waals surface area (Å²) in [4.78, 5) is 21.5. The van der Waals surface area contributed by atoms with Gasteiger partial charge in [0, 0.05) is 42.0 Å². The number of aromatic nitrogens is 3. The van der Waals surface area contributed by atoms with Crippen LogP contribution in [0.2, 0.25) is 5.02 Å². The summed E-state index contributed by atoms with van der Waals surface area (Å²) in [6, 6.07) is 8.87. The molecule has 3 aromatic rings. The van der Waals surface area contributed by atoms with E-state index >= 15 is 0 Å². The molecule has 3 heterocycles. The predicted molar refractivity (Wildman–Crippen MR) is 198 cm³/mol. The van der Waals surface area contributed by atoms with E-state index in [2.05, 4.69) is 44.1 Å². The van der Waals surface area contributed by atoms with Crippen LogP contribution in [0.5, 0.6) is 5.75 Å². The molecule has 272 valence electrons. The fourth-order valence-electron chi connectivity index (χ4n) is 8.70. The lowest BCUT2D eigenvalue weighted by Gasteiger charge is -2.55. The molecule has 2 aromatic heterocycles. The summed E-state index contributed by atoms with van der Waals surface area (Å²) in [5.41, 5.74) is 5.57. The van der Waals surface area contributed by atoms with Crippen LogP contribution >= 0.6 is 11.6 Å². The van der Waals surface area contributed by atoms with Gasteiger partial charge in [-0.25, -0.2) is 4.98 Å². The lowest BCUT2D eigenvalue weighted by molar-refractivity contribution is -0.620. The lowest BCUT2D eigenvalue weighted by Crippen LogP contribution is -2.51. The minimum atomic E-state index is -0.432. The van der Waals surface area contributed by atoms with Crippen LogP contribution in [0.4, 0.5) is 5.82 Å². The van der Waals surface area contributed by atoms with Gasteiger partial charge in [0.2, 0.25) is 5.91 Å². The maximum Gasteiger partial charge on any atom is 0.551 e. The Morgan fingerprint density at radius 1 is 1.12 bits per heavy atom. The Bertz CT molecular complexity index is 1810. The van der Waals surface area contributed by atoms with Gasteiger partial charge in [0.1, 0.15) is 17.8 Å². The lowest BCUT2D eigenvalue weighted by atomic mass is 9.51. The molecule has 8 rings (SSSR count). The Kier molecular flexibility index (Phi) is 9.93. The standard InChI is InChI=1S/C40H50ClN5O5/c1-26(2)46-21-30(19-43-46)33-18-36(42-20-34(33)41)45(37(48)29-7-5-28(6-8-29)24-51-38(49)44-22-32(47)23-44)25-39-11-14-40(15-12-39,16-13-39)31-9-10-35(50-4)27(3)17-31/h9-10,17-21,24,26,29,32,47H,5-8,11-16,22-23,25H2,1-4H3/p+1. The van der Waals surface area contributed by atoms with E-state index in [0.29, 0.717) is 56.2 Å². The number of fused-ring (bicyclic) bond motifs is 3. The minimum absolute atomic E-state index is 0.0221. The van der Waals surface area contributed by atoms with E-state index in [0.717, 1.165) is 61.0 Å². The van der Waals surface area contributed by atoms with Crippen molar-refractivity contribution in [2.45, 2.75) is 103 Å². The Balaban J connectivity index is 1.12. The van der Waals surface area contributed by atoms with Crippen LogP contribution in [-0.4, -0.2) is 74.4 Å². The first-order valence-electron chi connectivity index (χ1n) is 18.5. The van der Waals surface area contributed by atoms with Crippen molar-refractivity contribution in [1.29, 1.82) is 0 Å². The summed E-state index contributed by atoms with van der Waals surface area (Å²) in [5.74, 6) is 1.53. The second-order valence-corrected chi connectivity index (χ2v) is 16.1. The van der Waals surface area contributed by atoms with Gasteiger partial charge in [0.15, 0.2) is 19.2 Å². The molecule has 0 unspecified atom stereocenters. The fourth-order valence-corrected chi connectivity index (χ4v) is 8.91. The number of carbonyl (C=O) groups is 1. The first-order chi connectivity index (χ1) is 24.5. The van der Waals surface area contributed by atoms with Gasteiger partial charge in [-0.3, -0.25) is 14.4 Å². The van der Waals surface area contributed by atoms with Crippen molar-refractivity contribution in [3.63, 3.8) is 0 Å². The molecular weight excluding hydrogens is 666 g/mol. The van der Waals surface area contributed by atoms with E-state index < -0.39 is 6.10 Å². The van der Waals surface area contributed by atoms with E-state index in [1.807, 2.05) is 28.0 Å². The summed E-state index contributed by atoms with van der Waals surface area (Å²) in [7, 11) is 1.73. The maximum absolute atomic E-state index is 14.7. The molecule has 1 saturated heterocycles. The number of rotatable bonds is 9. The smallest absolute Gasteiger partial charge is 0.496 e. The third kappa shape index (κ3) is 7.14. The number of aliphatic hydroxyl groups is 2. The average molecular weight is 717 g/mol. The molecule has 2 bridgehead atoms. The molecule has 4 saturated carbocycles. The zero-order valence-corrected chi connectivity index (χ0v) is 31.0. The second kappa shape index (κ2) is 14.3. The van der Waals surface area contributed by atoms with Crippen LogP contribution in [-0.2, 0) is 14.9 Å². The van der Waals surface area contributed by atoms with E-state index in [1.54, 1.807) is 24.1 Å². The molecule has 0 radical (unpaired) electrons. The van der Waals surface area contributed by atoms with Crippen LogP contribution in [0.25, 0.3) is 11.1 Å². The molecule has 5 fully saturated rings. The maximum atomic E-state index is 14.7. The highest BCUT2D eigenvalue weighted by molar-refractivity contribution is 6.33. The van der Waals surface area contributed by atoms with E-state index in [-0.39, 0.29) is 34.8 Å². The van der Waals surface area contributed by atoms with Gasteiger partial charge in [-0.1, -0.05) is 23.7 Å². The first kappa shape index (κ1) is 35.5. The minimum Gasteiger partial charge on any atom is -0.496 e. The third-order valence-electron chi connectivity index (χ3n) is 12.2. The number of carbonyl (C=O) groups excluding carboxylic acids is 1. The van der Waals surface area contributed by atoms with Crippen molar-refractivity contribution in [2.75, 3.05) is 31.6 Å². The summed E-state index contributed by atoms with van der Waals surface area (Å²) in [6.07, 6.45) is 15.8. The molecule has 2 N–H and O–H groups in total. The molecule has 10 nitrogen and oxygen atoms in total. The second-order valence-electron chi connectivity index (χ2n) is 15.7. The molecule has 0 spiro atoms. The van der Waals surface area contributed by atoms with Crippen molar-refractivity contribution < 1.29 is 29.1 Å². The number of anilines is 1. The van der Waals surface area contributed by atoms with Crippen LogP contribution < -0.4 is 9.64 Å². The van der Waals surface area contributed by atoms with Crippen molar-refractivity contribution in [1.82, 2.24) is 14.8 Å². The number of hydrogen-bond donors (Lipinski definition) is 2. The monoisotopic (exact) mass is 716 g/mol. The number of β-amino-alcohol motifs (C(OH)–C–C–N with tert-alkyl or cyclic N) is 1. The molecule has 11 heteroatoms. The third-order valence-corrected chi connectivity index (χ3v) is 12.5. The van der Waals surface area contributed by atoms with Crippen molar-refractivity contribution in [3.8, 4) is 16.9 Å². The number of nitrogens with zero attached hydrogens (tertiary/aromatic N) is 5. The molecule has 1 aliphatic heterocycles. The van der Waals surface area contributed by atoms with Gasteiger partial charge >= 0.3 is 6.08 Å². The van der Waals surface area contributed by atoms with Crippen molar-refractivity contribution >= 4 is 29.4 Å². The van der Waals surface area contributed by atoms with Crippen LogP contribution in [0.1, 0.15) is 95.2 Å². The number of aryl methyl sites for hydroxylation is 1. The van der Waals surface area contributed by atoms with Crippen LogP contribution in [0.15, 0.2) is 54.7 Å². The van der Waals surface area contributed by atoms with Gasteiger partial charge in [0.25, 0.3) is 0 Å². The van der Waals surface area contributed by atoms with Crippen LogP contribution in [0, 0.1) is 18.3 Å². The molecule has 1 aromatic carbocycles. The summed E-state index contributed by atoms with van der Waals surface area (Å²) < 4.78 is 14.6. The Morgan fingerprint density at radius 2 is 1.82 bits per heavy atom. The quantitative estimate of drug-likeness (QED) is 0.134. The zero-order valence-electron chi connectivity index (χ0n) is 30.3. The number of ether oxygens (including phenoxy) is 2. The van der Waals surface area contributed by atoms with Gasteiger partial charge in [-0.05, 0) is 125 Å². The van der Waals surface area contributed by atoms with Crippen molar-refractivity contribution in [2.24, 2.45) is 11.3 Å². The number of methoxy groups -OCH3 is 1. The molecule has 1 amide bonds. The molecule has 0 atom stereocenters. The number of aliphatic hydroxyl groups excluding tert-OH is 2. The molecule has 5 aliphatic rings. The average Bonchev–Trinajstić information content (AvgIpc) is 3.63. The highest BCUT2D eigenvalue weighted by atomic mass is 35.5. The predicted octanol–water partition coefficient (Wildman–Crippen LogP) is 7.51. The molecular formula is C40H51ClN5O5+. The highest BCUT2D eigenvalue weighted by Gasteiger charge is 2.51. The van der Waals surface area contributed by atoms with Gasteiger partial charge in [-0.2, -0.15) is 9.67 Å². The topological polar surface area (TPSA) is 113 Å². The summed E-state index contributed by atoms with van der Waals surface area (Å²) in [5, 5.41) is 24.8. The Labute approximate surface area is 305 Å². The van der Waals surface area contributed by atoms with Gasteiger partial charge in [-0.15, -0.1) is 0 Å². The Morgan fingerprint density at radius 3 is 2.43 bits per heavy atom. The first-order valence-corrected chi connectivity index (χ1v) is 18.9. The number of allylic oxidation sites excluding steroid dienone is 1. The van der Waals surface area contributed by atoms with E-state index in [9.17, 15) is 15.0 Å². The van der Waals surface area contributed by atoms with Gasteiger partial charge < -0.3 is 19.7 Å². The molecule has 51 heavy (non-hydrogen) atoms. The van der Waals surface area contributed by atoms with Gasteiger partial charge in [0.05, 0.1) is 18.3 Å². The summed E-state index contributed by atoms with van der Waals surface area (Å²) in [6.45, 7) is 7.67. The number of pyridine rings is 1. The van der Waals surface area contributed by atoms with Crippen molar-refractivity contribution in [3.05, 3.63) is 70.8 Å². The Hall–Kier alpha value is -3.89. The fraction of sp³-hybridized carbons (Fsp3) is 0.550. The zero-order chi connectivity index (χ0) is 35.9.